The van der Waals surface area contributed by atoms with E-state index in [4.69, 9.17) is 43.2 Å². The van der Waals surface area contributed by atoms with Crippen LogP contribution < -0.4 is 14.9 Å². The van der Waals surface area contributed by atoms with Crippen LogP contribution in [-0.4, -0.2) is 129 Å². The van der Waals surface area contributed by atoms with Gasteiger partial charge in [-0.15, -0.1) is 0 Å². The molecule has 0 aromatic heterocycles. The number of methoxy groups -OCH3 is 1. The number of nitrogens with zero attached hydrogens (tertiary/aromatic N) is 1. The summed E-state index contributed by atoms with van der Waals surface area (Å²) in [5, 5.41) is 28.8. The SMILES string of the molecule is CC(=O)CCSC(C)(C)C.CC(=O)CCSSCCOC(=O)C(C)(C)C.CC(C(=O)C(C)(C)C)=C(C(=O)O)C(=O)O.CC(C)(C)C(=O)OCc1ccc(B2OC(C)(C)C(C)(C)O2)cc1.COc1cc(C(C)OC(=O)C(C)(C)C)c([N+](=O)[O-])cc1OCCCCC(C)=O. The quantitative estimate of drug-likeness (QED) is 0.00845. The number of nitro benzene ring substituents is 1. The lowest BCUT2D eigenvalue weighted by Gasteiger charge is -2.32. The van der Waals surface area contributed by atoms with Crippen LogP contribution >= 0.6 is 33.3 Å². The summed E-state index contributed by atoms with van der Waals surface area (Å²) in [6, 6.07) is 10.5. The van der Waals surface area contributed by atoms with E-state index in [1.54, 1.807) is 83.9 Å². The first-order valence-corrected chi connectivity index (χ1v) is 33.8. The molecule has 1 saturated heterocycles. The summed E-state index contributed by atoms with van der Waals surface area (Å²) >= 11 is 1.84. The number of carboxylic acid groups (broad SMARTS) is 2. The van der Waals surface area contributed by atoms with Crippen LogP contribution in [0.25, 0.3) is 0 Å². The Morgan fingerprint density at radius 1 is 0.609 bits per heavy atom. The standard InChI is InChI=1S/C20H29NO7.C18H27BO4.C11H20O3S2.C10H14O5.C8H16OS/c1-13(22)9-7-8-10-27-18-12-16(21(24)25)15(11-17(18)26-6)14(2)28-19(23)20(3,4)5;1-16(2,3)15(20)21-12-13-8-10-14(11-9-13)19-22-17(4,5)18(6,7)23-19;1-9(12)5-7-15-16-8-6-14-10(13)11(2,3)4;1-5(7(11)10(2,3)4)6(8(12)13)9(14)15;1-7(9)5-6-10-8(2,3)4/h11-12,14H,7-10H2,1-6H3;8-11H,12H2,1-7H3;5-8H2,1-4H3;1-4H3,(H,12,13)(H,14,15);5-6H2,1-4H3. The largest absolute Gasteiger partial charge is 0.494 e. The summed E-state index contributed by atoms with van der Waals surface area (Å²) in [4.78, 5) is 111. The van der Waals surface area contributed by atoms with Gasteiger partial charge in [0.15, 0.2) is 22.9 Å². The zero-order valence-electron chi connectivity index (χ0n) is 59.3. The molecular weight excluding hydrogens is 1250 g/mol. The molecule has 1 aliphatic heterocycles. The van der Waals surface area contributed by atoms with Gasteiger partial charge in [0.05, 0.1) is 57.7 Å². The minimum atomic E-state index is -1.60. The number of hydrogen-bond donors (Lipinski definition) is 2. The third-order valence-electron chi connectivity index (χ3n) is 13.0. The van der Waals surface area contributed by atoms with E-state index in [0.29, 0.717) is 55.8 Å². The summed E-state index contributed by atoms with van der Waals surface area (Å²) in [6.45, 7) is 44.2. The number of nitro groups is 1. The summed E-state index contributed by atoms with van der Waals surface area (Å²) in [7, 11) is 4.34. The van der Waals surface area contributed by atoms with Crippen LogP contribution in [0, 0.1) is 31.8 Å². The van der Waals surface area contributed by atoms with E-state index in [2.05, 4.69) is 20.8 Å². The van der Waals surface area contributed by atoms with Crippen molar-refractivity contribution < 1.29 is 91.3 Å². The zero-order valence-corrected chi connectivity index (χ0v) is 61.8. The number of carbonyl (C=O) groups is 9. The minimum Gasteiger partial charge on any atom is -0.493 e. The van der Waals surface area contributed by atoms with Crippen LogP contribution in [-0.2, 0) is 73.3 Å². The molecule has 1 heterocycles. The number of thioether (sulfide) groups is 1. The Kier molecular flexibility index (Phi) is 38.2. The topological polar surface area (TPSA) is 302 Å². The van der Waals surface area contributed by atoms with Crippen molar-refractivity contribution >= 4 is 105 Å². The van der Waals surface area contributed by atoms with Gasteiger partial charge in [-0.2, -0.15) is 11.8 Å². The normalized spacial score (nSPS) is 13.6. The molecule has 25 heteroatoms. The van der Waals surface area contributed by atoms with Crippen molar-refractivity contribution in [1.29, 1.82) is 0 Å². The van der Waals surface area contributed by atoms with Gasteiger partial charge in [-0.3, -0.25) is 38.9 Å². The predicted octanol–water partition coefficient (Wildman–Crippen LogP) is 14.0. The average molecular weight is 1350 g/mol. The van der Waals surface area contributed by atoms with Crippen molar-refractivity contribution in [2.75, 3.05) is 37.6 Å². The second kappa shape index (κ2) is 39.8. The number of ether oxygens (including phenoxy) is 5. The third-order valence-corrected chi connectivity index (χ3v) is 16.6. The minimum absolute atomic E-state index is 0.108. The molecule has 0 spiro atoms. The molecule has 21 nitrogen and oxygen atoms in total. The molecule has 2 N–H and O–H groups in total. The maximum Gasteiger partial charge on any atom is 0.494 e. The maximum absolute atomic E-state index is 12.1. The molecule has 92 heavy (non-hydrogen) atoms. The number of rotatable bonds is 26. The number of carbonyl (C=O) groups excluding carboxylic acids is 7. The summed E-state index contributed by atoms with van der Waals surface area (Å²) in [5.74, 6) is -0.802. The van der Waals surface area contributed by atoms with E-state index < -0.39 is 62.0 Å². The average Bonchev–Trinajstić information content (AvgIpc) is 1.58. The fourth-order valence-electron chi connectivity index (χ4n) is 6.77. The van der Waals surface area contributed by atoms with Gasteiger partial charge < -0.3 is 48.0 Å². The molecule has 0 saturated carbocycles. The van der Waals surface area contributed by atoms with Gasteiger partial charge in [0.1, 0.15) is 36.7 Å². The van der Waals surface area contributed by atoms with Crippen LogP contribution in [0.3, 0.4) is 0 Å². The van der Waals surface area contributed by atoms with Crippen LogP contribution in [0.1, 0.15) is 216 Å². The molecule has 520 valence electrons. The lowest BCUT2D eigenvalue weighted by molar-refractivity contribution is -0.386. The predicted molar refractivity (Wildman–Crippen MR) is 366 cm³/mol. The van der Waals surface area contributed by atoms with Crippen molar-refractivity contribution in [3.05, 3.63) is 68.8 Å². The van der Waals surface area contributed by atoms with E-state index in [9.17, 15) is 53.3 Å². The number of allylic oxidation sites excluding steroid dienone is 1. The lowest BCUT2D eigenvalue weighted by Crippen LogP contribution is -2.41. The van der Waals surface area contributed by atoms with Crippen molar-refractivity contribution in [3.63, 3.8) is 0 Å². The smallest absolute Gasteiger partial charge is 0.493 e. The first-order chi connectivity index (χ1) is 41.7. The van der Waals surface area contributed by atoms with Crippen LogP contribution in [0.5, 0.6) is 11.5 Å². The maximum atomic E-state index is 12.1. The van der Waals surface area contributed by atoms with Crippen molar-refractivity contribution in [1.82, 2.24) is 0 Å². The molecule has 1 unspecified atom stereocenters. The zero-order chi connectivity index (χ0) is 72.1. The Hall–Kier alpha value is -5.76. The lowest BCUT2D eigenvalue weighted by atomic mass is 9.79. The highest BCUT2D eigenvalue weighted by atomic mass is 33.1. The van der Waals surface area contributed by atoms with Gasteiger partial charge in [0, 0.05) is 52.3 Å². The number of ketones is 4. The Balaban J connectivity index is 0. The Morgan fingerprint density at radius 2 is 1.07 bits per heavy atom. The van der Waals surface area contributed by atoms with Gasteiger partial charge in [0.2, 0.25) is 0 Å². The van der Waals surface area contributed by atoms with E-state index in [1.807, 2.05) is 105 Å². The number of esters is 3. The second-order valence-corrected chi connectivity index (χ2v) is 32.5. The van der Waals surface area contributed by atoms with Crippen LogP contribution in [0.4, 0.5) is 5.69 Å². The van der Waals surface area contributed by atoms with Gasteiger partial charge in [-0.1, -0.05) is 87.4 Å². The molecule has 0 radical (unpaired) electrons. The Bertz CT molecular complexity index is 2780. The summed E-state index contributed by atoms with van der Waals surface area (Å²) < 4.78 is 39.1. The number of unbranched alkanes of at least 4 members (excludes halogenated alkanes) is 1. The van der Waals surface area contributed by atoms with E-state index in [-0.39, 0.29) is 76.8 Å². The molecule has 0 bridgehead atoms. The molecule has 0 amide bonds. The highest BCUT2D eigenvalue weighted by Gasteiger charge is 2.51. The third kappa shape index (κ3) is 36.1. The van der Waals surface area contributed by atoms with E-state index >= 15 is 0 Å². The van der Waals surface area contributed by atoms with Crippen molar-refractivity contribution in [3.8, 4) is 11.5 Å². The molecule has 1 atom stereocenters. The fourth-order valence-corrected chi connectivity index (χ4v) is 9.69. The fraction of sp³-hybridized carbons (Fsp3) is 0.657. The summed E-state index contributed by atoms with van der Waals surface area (Å²) in [6.07, 6.45) is 2.28. The van der Waals surface area contributed by atoms with Gasteiger partial charge in [-0.05, 0) is 155 Å². The second-order valence-electron chi connectivity index (χ2n) is 27.9. The number of aliphatic carboxylic acids is 2. The number of carboxylic acids is 2. The number of hydrogen-bond acceptors (Lipinski definition) is 21. The van der Waals surface area contributed by atoms with E-state index in [1.165, 1.54) is 33.1 Å². The molecule has 1 fully saturated rings. The molecule has 0 aliphatic carbocycles. The van der Waals surface area contributed by atoms with Crippen molar-refractivity contribution in [2.24, 2.45) is 21.7 Å². The van der Waals surface area contributed by atoms with Crippen LogP contribution in [0.2, 0.25) is 0 Å². The number of benzene rings is 2. The Morgan fingerprint density at radius 3 is 1.48 bits per heavy atom. The number of Topliss-reactive ketones (excluding diaryl/α,β-unsaturated/α-hetero) is 4. The van der Waals surface area contributed by atoms with Gasteiger partial charge >= 0.3 is 37.0 Å². The molecule has 2 aromatic carbocycles. The first-order valence-electron chi connectivity index (χ1n) is 30.3. The highest BCUT2D eigenvalue weighted by Crippen LogP contribution is 2.40. The van der Waals surface area contributed by atoms with Gasteiger partial charge in [-0.25, -0.2) is 9.59 Å². The van der Waals surface area contributed by atoms with Crippen LogP contribution in [0.15, 0.2) is 47.5 Å². The molecular formula is C67H106BNO20S3. The molecule has 2 aromatic rings. The van der Waals surface area contributed by atoms with Crippen molar-refractivity contribution in [2.45, 2.75) is 227 Å². The van der Waals surface area contributed by atoms with Gasteiger partial charge in [0.25, 0.3) is 5.69 Å². The Labute approximate surface area is 559 Å². The molecule has 1 aliphatic rings. The molecule has 3 rings (SSSR count). The summed E-state index contributed by atoms with van der Waals surface area (Å²) in [5.41, 5.74) is -2.30. The van der Waals surface area contributed by atoms with E-state index in [0.717, 1.165) is 28.3 Å². The highest BCUT2D eigenvalue weighted by molar-refractivity contribution is 8.76. The monoisotopic (exact) mass is 1350 g/mol. The first kappa shape index (κ1) is 88.3.